The van der Waals surface area contributed by atoms with Crippen LogP contribution in [0.1, 0.15) is 27.6 Å². The Labute approximate surface area is 240 Å². The summed E-state index contributed by atoms with van der Waals surface area (Å²) in [5.41, 5.74) is -0.211. The van der Waals surface area contributed by atoms with Gasteiger partial charge in [-0.2, -0.15) is 0 Å². The normalized spacial score (nSPS) is 11.6. The number of nitrogens with one attached hydrogen (secondary N) is 2. The lowest BCUT2D eigenvalue weighted by Crippen LogP contribution is -2.22. The van der Waals surface area contributed by atoms with Gasteiger partial charge in [-0.1, -0.05) is 69.6 Å². The van der Waals surface area contributed by atoms with Gasteiger partial charge in [-0.15, -0.1) is 11.8 Å². The van der Waals surface area contributed by atoms with Gasteiger partial charge in [-0.3, -0.25) is 9.59 Å². The molecule has 0 heterocycles. The topological polar surface area (TPSA) is 95.5 Å². The molecule has 0 aliphatic rings. The van der Waals surface area contributed by atoms with Crippen molar-refractivity contribution in [1.82, 2.24) is 0 Å². The van der Waals surface area contributed by atoms with Gasteiger partial charge in [0.15, 0.2) is 0 Å². The van der Waals surface area contributed by atoms with Crippen LogP contribution in [0.15, 0.2) is 47.4 Å². The van der Waals surface area contributed by atoms with Crippen LogP contribution in [0.5, 0.6) is 0 Å². The molecule has 36 heavy (non-hydrogen) atoms. The molecule has 1 unspecified atom stereocenters. The largest absolute Gasteiger partial charge is 0.478 e. The van der Waals surface area contributed by atoms with E-state index >= 15 is 0 Å². The number of carboxylic acid groups (broad SMARTS) is 1. The third-order valence-corrected chi connectivity index (χ3v) is 8.15. The van der Waals surface area contributed by atoms with E-state index in [-0.39, 0.29) is 21.0 Å². The zero-order valence-corrected chi connectivity index (χ0v) is 23.3. The molecule has 0 bridgehead atoms. The molecule has 13 heteroatoms. The highest BCUT2D eigenvalue weighted by atomic mass is 35.5. The first-order valence-electron chi connectivity index (χ1n) is 9.84. The summed E-state index contributed by atoms with van der Waals surface area (Å²) in [5.74, 6) is -2.61. The minimum atomic E-state index is -1.50. The monoisotopic (exact) mass is 624 g/mol. The smallest absolute Gasteiger partial charge is 0.338 e. The number of halogens is 6. The van der Waals surface area contributed by atoms with Crippen molar-refractivity contribution in [3.63, 3.8) is 0 Å². The van der Waals surface area contributed by atoms with Gasteiger partial charge in [-0.25, -0.2) is 4.79 Å². The number of carbonyl (C=O) groups is 3. The van der Waals surface area contributed by atoms with Crippen LogP contribution < -0.4 is 10.6 Å². The maximum atomic E-state index is 12.9. The molecule has 3 aromatic carbocycles. The molecule has 3 N–H and O–H groups in total. The summed E-state index contributed by atoms with van der Waals surface area (Å²) in [6.07, 6.45) is 0. The van der Waals surface area contributed by atoms with E-state index in [2.05, 4.69) is 10.6 Å². The summed E-state index contributed by atoms with van der Waals surface area (Å²) in [4.78, 5) is 37.8. The highest BCUT2D eigenvalue weighted by Crippen LogP contribution is 2.42. The molecule has 0 aromatic heterocycles. The fraction of sp³-hybridized carbons (Fsp3) is 0.0870. The highest BCUT2D eigenvalue weighted by molar-refractivity contribution is 8.00. The van der Waals surface area contributed by atoms with E-state index in [9.17, 15) is 19.5 Å². The standard InChI is InChI=1S/C23H14Cl6N2O4S/c1-9(21(32)31-14-7-2-10(24)8-13(14)25)36-12-5-3-11(4-6-12)30-22(33)15-16(23(34)35)18(27)20(29)19(28)17(15)26/h2-9H,1H3,(H,30,33)(H,31,32)(H,34,35). The summed E-state index contributed by atoms with van der Waals surface area (Å²) in [6.45, 7) is 1.73. The van der Waals surface area contributed by atoms with Crippen molar-refractivity contribution in [3.8, 4) is 0 Å². The molecule has 2 amide bonds. The minimum absolute atomic E-state index is 0.239. The second-order valence-corrected chi connectivity index (χ2v) is 10.9. The average Bonchev–Trinajstić information content (AvgIpc) is 2.82. The number of anilines is 2. The number of carboxylic acids is 1. The van der Waals surface area contributed by atoms with Crippen LogP contribution in [-0.4, -0.2) is 28.1 Å². The van der Waals surface area contributed by atoms with Gasteiger partial charge < -0.3 is 15.7 Å². The lowest BCUT2D eigenvalue weighted by Gasteiger charge is -2.15. The van der Waals surface area contributed by atoms with E-state index in [0.717, 1.165) is 4.90 Å². The van der Waals surface area contributed by atoms with Gasteiger partial charge in [0.05, 0.1) is 47.2 Å². The van der Waals surface area contributed by atoms with Crippen LogP contribution in [0.3, 0.4) is 0 Å². The first kappa shape index (κ1) is 28.7. The molecule has 0 spiro atoms. The number of carbonyl (C=O) groups excluding carboxylic acids is 2. The van der Waals surface area contributed by atoms with Gasteiger partial charge >= 0.3 is 5.97 Å². The Morgan fingerprint density at radius 3 is 1.94 bits per heavy atom. The number of benzene rings is 3. The van der Waals surface area contributed by atoms with Crippen LogP contribution >= 0.6 is 81.4 Å². The van der Waals surface area contributed by atoms with Crippen molar-refractivity contribution < 1.29 is 19.5 Å². The average molecular weight is 627 g/mol. The van der Waals surface area contributed by atoms with E-state index in [1.807, 2.05) is 0 Å². The number of hydrogen-bond acceptors (Lipinski definition) is 4. The SMILES string of the molecule is CC(Sc1ccc(NC(=O)c2c(Cl)c(Cl)c(Cl)c(Cl)c2C(=O)O)cc1)C(=O)Nc1ccc(Cl)cc1Cl. The van der Waals surface area contributed by atoms with Crippen LogP contribution in [0.25, 0.3) is 0 Å². The molecule has 1 atom stereocenters. The zero-order valence-electron chi connectivity index (χ0n) is 18.0. The Morgan fingerprint density at radius 1 is 0.806 bits per heavy atom. The number of hydrogen-bond donors (Lipinski definition) is 3. The molecule has 3 aromatic rings. The van der Waals surface area contributed by atoms with Crippen molar-refractivity contribution in [2.45, 2.75) is 17.1 Å². The molecule has 3 rings (SSSR count). The minimum Gasteiger partial charge on any atom is -0.478 e. The molecule has 0 aliphatic heterocycles. The zero-order chi connectivity index (χ0) is 26.7. The van der Waals surface area contributed by atoms with Crippen LogP contribution in [0.4, 0.5) is 11.4 Å². The van der Waals surface area contributed by atoms with Gasteiger partial charge in [0.25, 0.3) is 5.91 Å². The van der Waals surface area contributed by atoms with Gasteiger partial charge in [0.1, 0.15) is 0 Å². The molecule has 0 saturated carbocycles. The Kier molecular flexibility index (Phi) is 9.68. The van der Waals surface area contributed by atoms with E-state index in [4.69, 9.17) is 69.6 Å². The first-order valence-corrected chi connectivity index (χ1v) is 13.0. The molecule has 188 valence electrons. The van der Waals surface area contributed by atoms with E-state index in [1.54, 1.807) is 43.3 Å². The molecular formula is C23H14Cl6N2O4S. The number of aromatic carboxylic acids is 1. The van der Waals surface area contributed by atoms with Crippen LogP contribution in [-0.2, 0) is 4.79 Å². The summed E-state index contributed by atoms with van der Waals surface area (Å²) in [7, 11) is 0. The number of rotatable bonds is 7. The number of amides is 2. The molecular weight excluding hydrogens is 613 g/mol. The highest BCUT2D eigenvalue weighted by Gasteiger charge is 2.29. The Balaban J connectivity index is 1.72. The van der Waals surface area contributed by atoms with Crippen LogP contribution in [0, 0.1) is 0 Å². The first-order chi connectivity index (χ1) is 16.9. The molecule has 0 saturated heterocycles. The number of thioether (sulfide) groups is 1. The van der Waals surface area contributed by atoms with Crippen molar-refractivity contribution in [2.75, 3.05) is 10.6 Å². The van der Waals surface area contributed by atoms with Crippen molar-refractivity contribution in [3.05, 3.63) is 83.7 Å². The maximum Gasteiger partial charge on any atom is 0.338 e. The third-order valence-electron chi connectivity index (χ3n) is 4.69. The maximum absolute atomic E-state index is 12.9. The van der Waals surface area contributed by atoms with Crippen molar-refractivity contribution >= 4 is 111 Å². The summed E-state index contributed by atoms with van der Waals surface area (Å²) in [6, 6.07) is 11.3. The summed E-state index contributed by atoms with van der Waals surface area (Å²) < 4.78 is 0. The van der Waals surface area contributed by atoms with Gasteiger partial charge in [0, 0.05) is 15.6 Å². The quantitative estimate of drug-likeness (QED) is 0.139. The fourth-order valence-corrected chi connectivity index (χ4v) is 5.28. The molecule has 6 nitrogen and oxygen atoms in total. The Bertz CT molecular complexity index is 1370. The third kappa shape index (κ3) is 6.53. The lowest BCUT2D eigenvalue weighted by molar-refractivity contribution is -0.115. The summed E-state index contributed by atoms with van der Waals surface area (Å²) in [5, 5.41) is 13.9. The van der Waals surface area contributed by atoms with E-state index in [0.29, 0.717) is 21.4 Å². The second-order valence-electron chi connectivity index (χ2n) is 7.16. The molecule has 0 radical (unpaired) electrons. The lowest BCUT2D eigenvalue weighted by atomic mass is 10.1. The van der Waals surface area contributed by atoms with Gasteiger partial charge in [-0.05, 0) is 49.4 Å². The van der Waals surface area contributed by atoms with Crippen LogP contribution in [0.2, 0.25) is 30.1 Å². The molecule has 0 fully saturated rings. The van der Waals surface area contributed by atoms with Crippen molar-refractivity contribution in [2.24, 2.45) is 0 Å². The van der Waals surface area contributed by atoms with E-state index in [1.165, 1.54) is 17.8 Å². The molecule has 0 aliphatic carbocycles. The van der Waals surface area contributed by atoms with E-state index < -0.39 is 33.3 Å². The van der Waals surface area contributed by atoms with Crippen molar-refractivity contribution in [1.29, 1.82) is 0 Å². The summed E-state index contributed by atoms with van der Waals surface area (Å²) >= 11 is 37.3. The predicted molar refractivity (Wildman–Crippen MR) is 148 cm³/mol. The fourth-order valence-electron chi connectivity index (χ4n) is 2.94. The second kappa shape index (κ2) is 12.1. The van der Waals surface area contributed by atoms with Gasteiger partial charge in [0.2, 0.25) is 5.91 Å². The Hall–Kier alpha value is -1.84. The predicted octanol–water partition coefficient (Wildman–Crippen LogP) is 8.68. The Morgan fingerprint density at radius 2 is 1.39 bits per heavy atom.